The predicted octanol–water partition coefficient (Wildman–Crippen LogP) is 4.37. The molecule has 0 aliphatic heterocycles. The van der Waals surface area contributed by atoms with Gasteiger partial charge in [-0.3, -0.25) is 13.9 Å². The Morgan fingerprint density at radius 3 is 2.21 bits per heavy atom. The number of benzene rings is 3. The molecule has 1 atom stereocenters. The van der Waals surface area contributed by atoms with E-state index in [0.717, 1.165) is 27.3 Å². The van der Waals surface area contributed by atoms with Gasteiger partial charge >= 0.3 is 0 Å². The third kappa shape index (κ3) is 8.13. The SMILES string of the molecule is CCCNC(=O)[C@@H](Cc1ccccc1)N(Cc1ccc(F)cc1)C(=O)CN(c1cccc(C)c1C)S(C)(=O)=O. The van der Waals surface area contributed by atoms with Gasteiger partial charge in [0.1, 0.15) is 18.4 Å². The smallest absolute Gasteiger partial charge is 0.244 e. The van der Waals surface area contributed by atoms with Gasteiger partial charge in [-0.15, -0.1) is 0 Å². The van der Waals surface area contributed by atoms with Crippen LogP contribution >= 0.6 is 0 Å². The van der Waals surface area contributed by atoms with Gasteiger partial charge in [0.05, 0.1) is 11.9 Å². The molecule has 0 heterocycles. The maximum Gasteiger partial charge on any atom is 0.244 e. The number of amides is 2. The van der Waals surface area contributed by atoms with Crippen LogP contribution < -0.4 is 9.62 Å². The van der Waals surface area contributed by atoms with Crippen molar-refractivity contribution in [2.75, 3.05) is 23.7 Å². The number of halogens is 1. The Labute approximate surface area is 230 Å². The predicted molar refractivity (Wildman–Crippen MR) is 152 cm³/mol. The molecule has 208 valence electrons. The molecule has 0 spiro atoms. The average molecular weight is 554 g/mol. The highest BCUT2D eigenvalue weighted by Crippen LogP contribution is 2.26. The summed E-state index contributed by atoms with van der Waals surface area (Å²) >= 11 is 0. The molecule has 2 amide bonds. The van der Waals surface area contributed by atoms with Crippen LogP contribution in [0.2, 0.25) is 0 Å². The van der Waals surface area contributed by atoms with E-state index >= 15 is 0 Å². The molecule has 0 bridgehead atoms. The molecule has 3 aromatic carbocycles. The summed E-state index contributed by atoms with van der Waals surface area (Å²) < 4.78 is 40.6. The fourth-order valence-electron chi connectivity index (χ4n) is 4.31. The maximum absolute atomic E-state index is 14.0. The van der Waals surface area contributed by atoms with Crippen LogP contribution in [-0.2, 0) is 32.6 Å². The zero-order valence-corrected chi connectivity index (χ0v) is 23.7. The summed E-state index contributed by atoms with van der Waals surface area (Å²) in [5, 5.41) is 2.89. The van der Waals surface area contributed by atoms with Gasteiger partial charge in [-0.2, -0.15) is 0 Å². The zero-order valence-electron chi connectivity index (χ0n) is 22.9. The Balaban J connectivity index is 2.06. The molecule has 39 heavy (non-hydrogen) atoms. The standard InChI is InChI=1S/C30H36FN3O4S/c1-5-18-32-30(36)28(19-24-11-7-6-8-12-24)33(20-25-14-16-26(31)17-15-25)29(35)21-34(39(4,37)38)27-13-9-10-22(2)23(27)3/h6-17,28H,5,18-21H2,1-4H3,(H,32,36)/t28-/m1/s1. The molecule has 0 aliphatic carbocycles. The normalized spacial score (nSPS) is 12.0. The highest BCUT2D eigenvalue weighted by molar-refractivity contribution is 7.92. The van der Waals surface area contributed by atoms with E-state index in [0.29, 0.717) is 24.2 Å². The van der Waals surface area contributed by atoms with Crippen LogP contribution in [0.4, 0.5) is 10.1 Å². The van der Waals surface area contributed by atoms with Crippen molar-refractivity contribution in [3.8, 4) is 0 Å². The Morgan fingerprint density at radius 2 is 1.59 bits per heavy atom. The number of sulfonamides is 1. The Hall–Kier alpha value is -3.72. The first-order valence-electron chi connectivity index (χ1n) is 12.9. The molecule has 3 rings (SSSR count). The summed E-state index contributed by atoms with van der Waals surface area (Å²) in [6.45, 7) is 5.55. The first-order chi connectivity index (χ1) is 18.5. The molecule has 7 nitrogen and oxygen atoms in total. The second kappa shape index (κ2) is 13.4. The summed E-state index contributed by atoms with van der Waals surface area (Å²) in [4.78, 5) is 28.9. The summed E-state index contributed by atoms with van der Waals surface area (Å²) in [7, 11) is -3.85. The van der Waals surface area contributed by atoms with Gasteiger partial charge in [0.25, 0.3) is 0 Å². The van der Waals surface area contributed by atoms with Crippen molar-refractivity contribution in [1.82, 2.24) is 10.2 Å². The van der Waals surface area contributed by atoms with Gasteiger partial charge in [0, 0.05) is 19.5 Å². The lowest BCUT2D eigenvalue weighted by atomic mass is 10.0. The summed E-state index contributed by atoms with van der Waals surface area (Å²) in [5.74, 6) is -1.30. The molecule has 3 aromatic rings. The number of nitrogens with one attached hydrogen (secondary N) is 1. The van der Waals surface area contributed by atoms with Crippen LogP contribution in [0.1, 0.15) is 35.6 Å². The fourth-order valence-corrected chi connectivity index (χ4v) is 5.21. The first kappa shape index (κ1) is 29.8. The lowest BCUT2D eigenvalue weighted by Gasteiger charge is -2.34. The fraction of sp³-hybridized carbons (Fsp3) is 0.333. The minimum atomic E-state index is -3.85. The molecule has 1 N–H and O–H groups in total. The Morgan fingerprint density at radius 1 is 0.923 bits per heavy atom. The number of hydrogen-bond donors (Lipinski definition) is 1. The van der Waals surface area contributed by atoms with Gasteiger partial charge in [-0.05, 0) is 60.7 Å². The molecule has 0 aromatic heterocycles. The molecule has 0 saturated heterocycles. The second-order valence-electron chi connectivity index (χ2n) is 9.63. The lowest BCUT2D eigenvalue weighted by molar-refractivity contribution is -0.140. The van der Waals surface area contributed by atoms with Crippen LogP contribution in [0.15, 0.2) is 72.8 Å². The minimum absolute atomic E-state index is 0.000556. The molecule has 0 aliphatic rings. The molecule has 9 heteroatoms. The van der Waals surface area contributed by atoms with Gasteiger partial charge in [0.2, 0.25) is 21.8 Å². The van der Waals surface area contributed by atoms with E-state index in [1.54, 1.807) is 31.2 Å². The highest BCUT2D eigenvalue weighted by Gasteiger charge is 2.33. The zero-order chi connectivity index (χ0) is 28.6. The van der Waals surface area contributed by atoms with Gasteiger partial charge in [-0.1, -0.05) is 61.5 Å². The second-order valence-corrected chi connectivity index (χ2v) is 11.5. The number of carbonyl (C=O) groups excluding carboxylic acids is 2. The van der Waals surface area contributed by atoms with Crippen molar-refractivity contribution in [3.63, 3.8) is 0 Å². The molecular weight excluding hydrogens is 517 g/mol. The van der Waals surface area contributed by atoms with Crippen molar-refractivity contribution >= 4 is 27.5 Å². The van der Waals surface area contributed by atoms with Gasteiger partial charge in [-0.25, -0.2) is 12.8 Å². The number of rotatable bonds is 12. The van der Waals surface area contributed by atoms with Gasteiger partial charge < -0.3 is 10.2 Å². The van der Waals surface area contributed by atoms with Crippen LogP contribution in [0.25, 0.3) is 0 Å². The minimum Gasteiger partial charge on any atom is -0.354 e. The van der Waals surface area contributed by atoms with E-state index in [4.69, 9.17) is 0 Å². The third-order valence-electron chi connectivity index (χ3n) is 6.61. The number of anilines is 1. The molecule has 0 fully saturated rings. The molecule has 0 saturated carbocycles. The van der Waals surface area contributed by atoms with Crippen molar-refractivity contribution in [1.29, 1.82) is 0 Å². The van der Waals surface area contributed by atoms with Crippen LogP contribution in [0.5, 0.6) is 0 Å². The first-order valence-corrected chi connectivity index (χ1v) is 14.8. The Bertz CT molecular complexity index is 1380. The van der Waals surface area contributed by atoms with Crippen molar-refractivity contribution in [2.45, 2.75) is 46.2 Å². The number of nitrogens with zero attached hydrogens (tertiary/aromatic N) is 2. The van der Waals surface area contributed by atoms with E-state index in [-0.39, 0.29) is 18.9 Å². The van der Waals surface area contributed by atoms with Crippen molar-refractivity contribution in [2.24, 2.45) is 0 Å². The van der Waals surface area contributed by atoms with E-state index in [2.05, 4.69) is 5.32 Å². The van der Waals surface area contributed by atoms with Crippen molar-refractivity contribution < 1.29 is 22.4 Å². The summed E-state index contributed by atoms with van der Waals surface area (Å²) in [6.07, 6.45) is 2.00. The van der Waals surface area contributed by atoms with Crippen LogP contribution in [-0.4, -0.2) is 50.5 Å². The van der Waals surface area contributed by atoms with Crippen LogP contribution in [0.3, 0.4) is 0 Å². The summed E-state index contributed by atoms with van der Waals surface area (Å²) in [5.41, 5.74) is 3.49. The van der Waals surface area contributed by atoms with Crippen molar-refractivity contribution in [3.05, 3.63) is 101 Å². The van der Waals surface area contributed by atoms with Gasteiger partial charge in [0.15, 0.2) is 0 Å². The van der Waals surface area contributed by atoms with E-state index in [1.807, 2.05) is 50.2 Å². The van der Waals surface area contributed by atoms with E-state index < -0.39 is 34.3 Å². The largest absolute Gasteiger partial charge is 0.354 e. The van der Waals surface area contributed by atoms with Crippen LogP contribution in [0, 0.1) is 19.7 Å². The highest BCUT2D eigenvalue weighted by atomic mass is 32.2. The molecular formula is C30H36FN3O4S. The number of aryl methyl sites for hydroxylation is 1. The number of hydrogen-bond acceptors (Lipinski definition) is 4. The summed E-state index contributed by atoms with van der Waals surface area (Å²) in [6, 6.07) is 19.4. The van der Waals surface area contributed by atoms with E-state index in [1.165, 1.54) is 17.0 Å². The Kier molecular flexibility index (Phi) is 10.2. The molecule has 0 unspecified atom stereocenters. The number of carbonyl (C=O) groups is 2. The lowest BCUT2D eigenvalue weighted by Crippen LogP contribution is -2.53. The van der Waals surface area contributed by atoms with E-state index in [9.17, 15) is 22.4 Å². The molecule has 0 radical (unpaired) electrons. The third-order valence-corrected chi connectivity index (χ3v) is 7.74. The topological polar surface area (TPSA) is 86.8 Å². The quantitative estimate of drug-likeness (QED) is 0.361. The monoisotopic (exact) mass is 553 g/mol. The maximum atomic E-state index is 14.0. The average Bonchev–Trinajstić information content (AvgIpc) is 2.90.